The minimum Gasteiger partial charge on any atom is -0.480 e. The van der Waals surface area contributed by atoms with Gasteiger partial charge in [0.25, 0.3) is 0 Å². The molecule has 1 atom stereocenters. The van der Waals surface area contributed by atoms with Gasteiger partial charge >= 0.3 is 5.97 Å². The highest BCUT2D eigenvalue weighted by molar-refractivity contribution is 6.30. The molecule has 0 saturated heterocycles. The summed E-state index contributed by atoms with van der Waals surface area (Å²) in [5.74, 6) is -1.04. The summed E-state index contributed by atoms with van der Waals surface area (Å²) >= 11 is 5.83. The van der Waals surface area contributed by atoms with Crippen molar-refractivity contribution in [1.29, 1.82) is 0 Å². The number of amides is 1. The summed E-state index contributed by atoms with van der Waals surface area (Å²) < 4.78 is 5.36. The summed E-state index contributed by atoms with van der Waals surface area (Å²) in [5, 5.41) is 12.3. The molecule has 1 aromatic heterocycles. The molecule has 2 aromatic rings. The zero-order valence-corrected chi connectivity index (χ0v) is 14.0. The van der Waals surface area contributed by atoms with Gasteiger partial charge in [0.05, 0.1) is 12.1 Å². The average molecular weight is 351 g/mol. The molecule has 1 unspecified atom stereocenters. The Morgan fingerprint density at radius 1 is 1.33 bits per heavy atom. The summed E-state index contributed by atoms with van der Waals surface area (Å²) in [6.07, 6.45) is 3.38. The summed E-state index contributed by atoms with van der Waals surface area (Å²) in [6, 6.07) is 6.10. The van der Waals surface area contributed by atoms with Gasteiger partial charge in [-0.3, -0.25) is 4.79 Å². The Morgan fingerprint density at radius 3 is 2.67 bits per heavy atom. The van der Waals surface area contributed by atoms with E-state index in [0.717, 1.165) is 18.4 Å². The van der Waals surface area contributed by atoms with Crippen LogP contribution in [0, 0.1) is 0 Å². The first kappa shape index (κ1) is 18.0. The van der Waals surface area contributed by atoms with Crippen LogP contribution in [0.5, 0.6) is 0 Å². The van der Waals surface area contributed by atoms with E-state index in [-0.39, 0.29) is 6.42 Å². The first-order chi connectivity index (χ1) is 11.5. The summed E-state index contributed by atoms with van der Waals surface area (Å²) in [6.45, 7) is 1.97. The van der Waals surface area contributed by atoms with Crippen molar-refractivity contribution in [1.82, 2.24) is 10.3 Å². The molecule has 0 bridgehead atoms. The van der Waals surface area contributed by atoms with E-state index in [1.165, 1.54) is 6.26 Å². The lowest BCUT2D eigenvalue weighted by molar-refractivity contribution is -0.142. The van der Waals surface area contributed by atoms with Crippen molar-refractivity contribution in [3.63, 3.8) is 0 Å². The van der Waals surface area contributed by atoms with Gasteiger partial charge in [0.15, 0.2) is 0 Å². The number of benzene rings is 1. The van der Waals surface area contributed by atoms with Gasteiger partial charge in [-0.05, 0) is 30.7 Å². The second-order valence-corrected chi connectivity index (χ2v) is 5.86. The Hall–Kier alpha value is -2.34. The fourth-order valence-corrected chi connectivity index (χ4v) is 2.31. The lowest BCUT2D eigenvalue weighted by Gasteiger charge is -2.13. The number of halogens is 1. The molecule has 24 heavy (non-hydrogen) atoms. The third kappa shape index (κ3) is 5.09. The van der Waals surface area contributed by atoms with Gasteiger partial charge in [0.2, 0.25) is 11.8 Å². The van der Waals surface area contributed by atoms with Crippen molar-refractivity contribution in [2.24, 2.45) is 0 Å². The summed E-state index contributed by atoms with van der Waals surface area (Å²) in [5.41, 5.74) is 1.19. The topological polar surface area (TPSA) is 92.4 Å². The monoisotopic (exact) mass is 350 g/mol. The molecular weight excluding hydrogens is 332 g/mol. The van der Waals surface area contributed by atoms with Crippen LogP contribution in [0.4, 0.5) is 0 Å². The van der Waals surface area contributed by atoms with E-state index in [1.54, 1.807) is 24.3 Å². The van der Waals surface area contributed by atoms with Crippen LogP contribution in [0.15, 0.2) is 34.9 Å². The van der Waals surface area contributed by atoms with Gasteiger partial charge in [-0.25, -0.2) is 9.78 Å². The van der Waals surface area contributed by atoms with E-state index >= 15 is 0 Å². The lowest BCUT2D eigenvalue weighted by atomic mass is 10.1. The zero-order valence-electron chi connectivity index (χ0n) is 13.3. The van der Waals surface area contributed by atoms with Crippen LogP contribution in [0.1, 0.15) is 31.9 Å². The zero-order chi connectivity index (χ0) is 17.5. The van der Waals surface area contributed by atoms with E-state index in [0.29, 0.717) is 23.0 Å². The van der Waals surface area contributed by atoms with Crippen molar-refractivity contribution in [3.8, 4) is 11.5 Å². The molecule has 2 rings (SSSR count). The first-order valence-electron chi connectivity index (χ1n) is 7.72. The molecule has 0 aliphatic rings. The molecule has 1 amide bonds. The molecule has 7 heteroatoms. The fraction of sp³-hybridized carbons (Fsp3) is 0.353. The second kappa shape index (κ2) is 8.49. The molecule has 2 N–H and O–H groups in total. The number of carboxylic acid groups (broad SMARTS) is 1. The van der Waals surface area contributed by atoms with Gasteiger partial charge in [0.1, 0.15) is 12.3 Å². The Bertz CT molecular complexity index is 697. The number of hydrogen-bond acceptors (Lipinski definition) is 4. The van der Waals surface area contributed by atoms with Gasteiger partial charge in [-0.2, -0.15) is 0 Å². The largest absolute Gasteiger partial charge is 0.480 e. The average Bonchev–Trinajstić information content (AvgIpc) is 3.00. The Kier molecular flexibility index (Phi) is 6.37. The van der Waals surface area contributed by atoms with Gasteiger partial charge < -0.3 is 14.8 Å². The lowest BCUT2D eigenvalue weighted by Crippen LogP contribution is -2.41. The predicted molar refractivity (Wildman–Crippen MR) is 89.7 cm³/mol. The molecule has 0 saturated carbocycles. The van der Waals surface area contributed by atoms with E-state index in [2.05, 4.69) is 10.3 Å². The molecule has 1 heterocycles. The number of rotatable bonds is 8. The third-order valence-corrected chi connectivity index (χ3v) is 3.72. The van der Waals surface area contributed by atoms with Crippen LogP contribution in [0.3, 0.4) is 0 Å². The minimum atomic E-state index is -1.03. The van der Waals surface area contributed by atoms with Crippen molar-refractivity contribution in [3.05, 3.63) is 41.2 Å². The number of hydrogen-bond donors (Lipinski definition) is 2. The van der Waals surface area contributed by atoms with Crippen molar-refractivity contribution in [2.75, 3.05) is 0 Å². The van der Waals surface area contributed by atoms with Crippen LogP contribution < -0.4 is 5.32 Å². The van der Waals surface area contributed by atoms with Crippen LogP contribution in [-0.4, -0.2) is 28.0 Å². The third-order valence-electron chi connectivity index (χ3n) is 3.46. The normalized spacial score (nSPS) is 11.9. The fourth-order valence-electron chi connectivity index (χ4n) is 2.19. The molecule has 6 nitrogen and oxygen atoms in total. The first-order valence-corrected chi connectivity index (χ1v) is 8.10. The number of aliphatic carboxylic acids is 1. The molecule has 128 valence electrons. The molecule has 0 radical (unpaired) electrons. The van der Waals surface area contributed by atoms with Crippen LogP contribution in [0.2, 0.25) is 5.02 Å². The summed E-state index contributed by atoms with van der Waals surface area (Å²) in [4.78, 5) is 27.4. The van der Waals surface area contributed by atoms with Crippen LogP contribution in [0.25, 0.3) is 11.5 Å². The van der Waals surface area contributed by atoms with Gasteiger partial charge in [-0.15, -0.1) is 0 Å². The molecule has 0 fully saturated rings. The highest BCUT2D eigenvalue weighted by Gasteiger charge is 2.20. The van der Waals surface area contributed by atoms with Gasteiger partial charge in [0, 0.05) is 10.6 Å². The van der Waals surface area contributed by atoms with Crippen LogP contribution in [-0.2, 0) is 16.0 Å². The quantitative estimate of drug-likeness (QED) is 0.762. The molecule has 1 aromatic carbocycles. The smallest absolute Gasteiger partial charge is 0.326 e. The maximum absolute atomic E-state index is 12.0. The van der Waals surface area contributed by atoms with Crippen LogP contribution >= 0.6 is 11.6 Å². The van der Waals surface area contributed by atoms with E-state index in [1.807, 2.05) is 6.92 Å². The molecular formula is C17H19ClN2O4. The Balaban J connectivity index is 1.97. The maximum Gasteiger partial charge on any atom is 0.326 e. The molecule has 0 aliphatic carbocycles. The maximum atomic E-state index is 12.0. The number of unbranched alkanes of at least 4 members (excludes halogenated alkanes) is 1. The van der Waals surface area contributed by atoms with Crippen molar-refractivity contribution < 1.29 is 19.1 Å². The summed E-state index contributed by atoms with van der Waals surface area (Å²) in [7, 11) is 0. The molecule has 0 spiro atoms. The number of carbonyl (C=O) groups excluding carboxylic acids is 1. The highest BCUT2D eigenvalue weighted by Crippen LogP contribution is 2.21. The van der Waals surface area contributed by atoms with Gasteiger partial charge in [-0.1, -0.05) is 31.4 Å². The second-order valence-electron chi connectivity index (χ2n) is 5.43. The predicted octanol–water partition coefficient (Wildman–Crippen LogP) is 3.30. The SMILES string of the molecule is CCCCC(NC(=O)Cc1coc(-c2ccc(Cl)cc2)n1)C(=O)O. The number of nitrogens with one attached hydrogen (secondary N) is 1. The van der Waals surface area contributed by atoms with Crippen molar-refractivity contribution >= 4 is 23.5 Å². The number of aromatic nitrogens is 1. The van der Waals surface area contributed by atoms with E-state index in [9.17, 15) is 9.59 Å². The molecule has 0 aliphatic heterocycles. The standard InChI is InChI=1S/C17H19ClN2O4/c1-2-3-4-14(17(22)23)20-15(21)9-13-10-24-16(19-13)11-5-7-12(18)8-6-11/h5-8,10,14H,2-4,9H2,1H3,(H,20,21)(H,22,23). The number of carboxylic acids is 1. The number of oxazole rings is 1. The Labute approximate surface area is 144 Å². The number of carbonyl (C=O) groups is 2. The van der Waals surface area contributed by atoms with Crippen molar-refractivity contribution in [2.45, 2.75) is 38.6 Å². The minimum absolute atomic E-state index is 0.0347. The van der Waals surface area contributed by atoms with E-state index < -0.39 is 17.9 Å². The Morgan fingerprint density at radius 2 is 2.04 bits per heavy atom. The number of nitrogens with zero attached hydrogens (tertiary/aromatic N) is 1. The highest BCUT2D eigenvalue weighted by atomic mass is 35.5. The van der Waals surface area contributed by atoms with E-state index in [4.69, 9.17) is 21.1 Å².